The molecule has 2 unspecified atom stereocenters. The minimum Gasteiger partial charge on any atom is -0.454 e. The second kappa shape index (κ2) is 5.86. The van der Waals surface area contributed by atoms with E-state index in [0.717, 1.165) is 5.56 Å². The van der Waals surface area contributed by atoms with Crippen molar-refractivity contribution < 1.29 is 23.8 Å². The molecule has 1 saturated heterocycles. The van der Waals surface area contributed by atoms with E-state index < -0.39 is 19.8 Å². The predicted molar refractivity (Wildman–Crippen MR) is 111 cm³/mol. The minimum atomic E-state index is -1.95. The van der Waals surface area contributed by atoms with Gasteiger partial charge >= 0.3 is 0 Å². The molecule has 156 valence electrons. The van der Waals surface area contributed by atoms with Gasteiger partial charge in [-0.25, -0.2) is 0 Å². The van der Waals surface area contributed by atoms with Crippen LogP contribution in [0.3, 0.4) is 0 Å². The van der Waals surface area contributed by atoms with Crippen molar-refractivity contribution >= 4 is 14.2 Å². The number of hydrogen-bond donors (Lipinski definition) is 1. The Morgan fingerprint density at radius 3 is 2.62 bits per heavy atom. The van der Waals surface area contributed by atoms with Gasteiger partial charge in [-0.3, -0.25) is 4.79 Å². The molecule has 1 amide bonds. The molecule has 0 spiro atoms. The summed E-state index contributed by atoms with van der Waals surface area (Å²) in [4.78, 5) is 15.1. The van der Waals surface area contributed by atoms with E-state index in [2.05, 4.69) is 46.0 Å². The summed E-state index contributed by atoms with van der Waals surface area (Å²) in [5.74, 6) is 1.20. The van der Waals surface area contributed by atoms with Crippen molar-refractivity contribution in [2.45, 2.75) is 69.0 Å². The second-order valence-electron chi connectivity index (χ2n) is 10.2. The summed E-state index contributed by atoms with van der Waals surface area (Å²) in [6.07, 6.45) is 4.19. The topological polar surface area (TPSA) is 68.2 Å². The van der Waals surface area contributed by atoms with E-state index in [9.17, 15) is 9.90 Å². The molecule has 0 saturated carbocycles. The maximum atomic E-state index is 13.3. The van der Waals surface area contributed by atoms with Crippen molar-refractivity contribution in [3.63, 3.8) is 0 Å². The highest BCUT2D eigenvalue weighted by Crippen LogP contribution is 2.54. The Hall–Kier alpha value is -1.83. The zero-order valence-corrected chi connectivity index (χ0v) is 18.7. The molecule has 3 heterocycles. The third-order valence-corrected chi connectivity index (χ3v) is 12.1. The zero-order chi connectivity index (χ0) is 20.8. The van der Waals surface area contributed by atoms with Crippen LogP contribution in [0, 0.1) is 0 Å². The predicted octanol–water partition coefficient (Wildman–Crippen LogP) is 3.20. The molecule has 1 aliphatic carbocycles. The van der Waals surface area contributed by atoms with Crippen LogP contribution < -0.4 is 9.47 Å². The number of amides is 1. The SMILES string of the molecule is CC(C)(C)[Si](C)(C)O[C@H]1C=CC23c4cc5c(cc4C(=O)N(CC2O)[C@H]3C1)OCO5. The standard InChI is InChI=1S/C22H29NO5Si/c1-21(2,3)29(4,5)28-13-6-7-22-15-10-17-16(26-12-27-17)9-14(15)20(25)23(11-19(22)24)18(22)8-13/h6-7,9-10,13,18-19,24H,8,11-12H2,1-5H3/t13-,18-,19?,22?/m0/s1. The van der Waals surface area contributed by atoms with Crippen molar-refractivity contribution in [2.75, 3.05) is 13.3 Å². The van der Waals surface area contributed by atoms with Crippen molar-refractivity contribution in [3.05, 3.63) is 35.4 Å². The van der Waals surface area contributed by atoms with Crippen LogP contribution >= 0.6 is 0 Å². The molecular formula is C22H29NO5Si. The number of carbonyl (C=O) groups is 1. The lowest BCUT2D eigenvalue weighted by molar-refractivity contribution is 0.0610. The van der Waals surface area contributed by atoms with Crippen LogP contribution in [0.15, 0.2) is 24.3 Å². The maximum Gasteiger partial charge on any atom is 0.254 e. The molecule has 0 radical (unpaired) electrons. The molecule has 7 heteroatoms. The van der Waals surface area contributed by atoms with Gasteiger partial charge in [0.1, 0.15) is 0 Å². The molecule has 2 bridgehead atoms. The summed E-state index contributed by atoms with van der Waals surface area (Å²) < 4.78 is 17.7. The molecule has 5 rings (SSSR count). The second-order valence-corrected chi connectivity index (χ2v) is 14.9. The monoisotopic (exact) mass is 415 g/mol. The first-order valence-corrected chi connectivity index (χ1v) is 13.3. The highest BCUT2D eigenvalue weighted by atomic mass is 28.4. The number of carbonyl (C=O) groups excluding carboxylic acids is 1. The largest absolute Gasteiger partial charge is 0.454 e. The average molecular weight is 416 g/mol. The summed E-state index contributed by atoms with van der Waals surface area (Å²) in [5, 5.41) is 11.2. The van der Waals surface area contributed by atoms with Crippen LogP contribution in [-0.2, 0) is 9.84 Å². The van der Waals surface area contributed by atoms with Gasteiger partial charge in [0.25, 0.3) is 5.91 Å². The molecule has 1 aromatic carbocycles. The molecule has 1 fully saturated rings. The van der Waals surface area contributed by atoms with Gasteiger partial charge in [-0.2, -0.15) is 0 Å². The van der Waals surface area contributed by atoms with Crippen molar-refractivity contribution in [2.24, 2.45) is 0 Å². The summed E-state index contributed by atoms with van der Waals surface area (Å²) in [7, 11) is -1.95. The Morgan fingerprint density at radius 1 is 1.24 bits per heavy atom. The van der Waals surface area contributed by atoms with Crippen molar-refractivity contribution in [3.8, 4) is 11.5 Å². The molecule has 1 aromatic rings. The van der Waals surface area contributed by atoms with Gasteiger partial charge in [0.15, 0.2) is 19.8 Å². The van der Waals surface area contributed by atoms with Crippen LogP contribution in [-0.4, -0.2) is 55.8 Å². The smallest absolute Gasteiger partial charge is 0.254 e. The molecule has 3 aliphatic heterocycles. The number of aliphatic hydroxyl groups excluding tert-OH is 1. The summed E-state index contributed by atoms with van der Waals surface area (Å²) in [6, 6.07) is 3.56. The van der Waals surface area contributed by atoms with Crippen LogP contribution in [0.25, 0.3) is 0 Å². The maximum absolute atomic E-state index is 13.3. The van der Waals surface area contributed by atoms with Crippen LogP contribution in [0.5, 0.6) is 11.5 Å². The highest BCUT2D eigenvalue weighted by molar-refractivity contribution is 6.74. The molecule has 4 aliphatic rings. The first kappa shape index (κ1) is 19.1. The fraction of sp³-hybridized carbons (Fsp3) is 0.591. The quantitative estimate of drug-likeness (QED) is 0.593. The summed E-state index contributed by atoms with van der Waals surface area (Å²) in [6.45, 7) is 11.7. The Labute approximate surface area is 172 Å². The first-order valence-electron chi connectivity index (χ1n) is 10.3. The lowest BCUT2D eigenvalue weighted by atomic mass is 9.65. The Kier molecular flexibility index (Phi) is 3.87. The van der Waals surface area contributed by atoms with Crippen molar-refractivity contribution in [1.82, 2.24) is 4.90 Å². The molecule has 0 aromatic heterocycles. The van der Waals surface area contributed by atoms with E-state index in [0.29, 0.717) is 30.0 Å². The van der Waals surface area contributed by atoms with Gasteiger partial charge in [0.05, 0.1) is 23.7 Å². The fourth-order valence-corrected chi connectivity index (χ4v) is 6.29. The Balaban J connectivity index is 1.57. The van der Waals surface area contributed by atoms with Crippen LogP contribution in [0.4, 0.5) is 0 Å². The number of rotatable bonds is 2. The number of fused-ring (bicyclic) bond motifs is 2. The van der Waals surface area contributed by atoms with Crippen LogP contribution in [0.1, 0.15) is 43.1 Å². The molecular weight excluding hydrogens is 386 g/mol. The lowest BCUT2D eigenvalue weighted by Crippen LogP contribution is -2.55. The number of hydrogen-bond acceptors (Lipinski definition) is 5. The van der Waals surface area contributed by atoms with E-state index >= 15 is 0 Å². The fourth-order valence-electron chi connectivity index (χ4n) is 5.00. The molecule has 29 heavy (non-hydrogen) atoms. The van der Waals surface area contributed by atoms with E-state index in [1.807, 2.05) is 11.0 Å². The van der Waals surface area contributed by atoms with Gasteiger partial charge in [0, 0.05) is 12.1 Å². The molecule has 1 N–H and O–H groups in total. The number of benzene rings is 1. The van der Waals surface area contributed by atoms with Gasteiger partial charge < -0.3 is 23.9 Å². The van der Waals surface area contributed by atoms with E-state index in [4.69, 9.17) is 13.9 Å². The van der Waals surface area contributed by atoms with E-state index in [-0.39, 0.29) is 29.9 Å². The van der Waals surface area contributed by atoms with Gasteiger partial charge in [-0.05, 0) is 42.2 Å². The van der Waals surface area contributed by atoms with E-state index in [1.54, 1.807) is 6.07 Å². The van der Waals surface area contributed by atoms with Crippen LogP contribution in [0.2, 0.25) is 18.1 Å². The molecule has 4 atom stereocenters. The van der Waals surface area contributed by atoms with E-state index in [1.165, 1.54) is 0 Å². The third-order valence-electron chi connectivity index (χ3n) is 7.61. The zero-order valence-electron chi connectivity index (χ0n) is 17.7. The molecule has 6 nitrogen and oxygen atoms in total. The van der Waals surface area contributed by atoms with Gasteiger partial charge in [0.2, 0.25) is 6.79 Å². The number of nitrogens with zero attached hydrogens (tertiary/aromatic N) is 1. The normalized spacial score (nSPS) is 32.4. The van der Waals surface area contributed by atoms with Crippen molar-refractivity contribution in [1.29, 1.82) is 0 Å². The number of ether oxygens (including phenoxy) is 2. The Bertz CT molecular complexity index is 921. The average Bonchev–Trinajstić information content (AvgIpc) is 3.19. The minimum absolute atomic E-state index is 0.0446. The summed E-state index contributed by atoms with van der Waals surface area (Å²) >= 11 is 0. The first-order chi connectivity index (χ1) is 13.5. The van der Waals surface area contributed by atoms with Gasteiger partial charge in [-0.1, -0.05) is 32.9 Å². The Morgan fingerprint density at radius 2 is 1.93 bits per heavy atom. The highest BCUT2D eigenvalue weighted by Gasteiger charge is 2.61. The lowest BCUT2D eigenvalue weighted by Gasteiger charge is -2.47. The summed E-state index contributed by atoms with van der Waals surface area (Å²) in [5.41, 5.74) is 0.841. The number of aliphatic hydroxyl groups is 1. The van der Waals surface area contributed by atoms with Gasteiger partial charge in [-0.15, -0.1) is 0 Å². The third kappa shape index (κ3) is 2.50.